The van der Waals surface area contributed by atoms with Crippen LogP contribution in [0.25, 0.3) is 0 Å². The summed E-state index contributed by atoms with van der Waals surface area (Å²) in [6, 6.07) is 8.17. The molecular formula is C14H20N5OS+. The fraction of sp³-hybridized carbons (Fsp3) is 0.357. The molecule has 1 aromatic heterocycles. The van der Waals surface area contributed by atoms with E-state index in [1.54, 1.807) is 22.5 Å². The number of hydrogen-bond donors (Lipinski definition) is 1. The molecule has 0 spiro atoms. The van der Waals surface area contributed by atoms with Crippen LogP contribution in [0.2, 0.25) is 0 Å². The summed E-state index contributed by atoms with van der Waals surface area (Å²) in [5.74, 6) is 1.86. The highest BCUT2D eigenvalue weighted by Crippen LogP contribution is 2.12. The molecule has 0 aliphatic rings. The lowest BCUT2D eigenvalue weighted by atomic mass is 10.2. The molecule has 0 saturated heterocycles. The standard InChI is InChI=1S/C14H19N5OS/c1-3-9-20-13-6-4-12(5-7-13)11-15-8-10-21-14-16-17-18-19(14)2/h3-7,15H,1,8-11H2,2H3/p+1. The molecular weight excluding hydrogens is 286 g/mol. The van der Waals surface area contributed by atoms with E-state index in [0.717, 1.165) is 29.7 Å². The maximum Gasteiger partial charge on any atom is 0.209 e. The largest absolute Gasteiger partial charge is 0.490 e. The monoisotopic (exact) mass is 306 g/mol. The van der Waals surface area contributed by atoms with Crippen molar-refractivity contribution in [1.82, 2.24) is 20.2 Å². The van der Waals surface area contributed by atoms with Gasteiger partial charge in [0, 0.05) is 12.6 Å². The molecule has 0 radical (unpaired) electrons. The van der Waals surface area contributed by atoms with Gasteiger partial charge in [0.2, 0.25) is 5.16 Å². The molecule has 2 N–H and O–H groups in total. The van der Waals surface area contributed by atoms with Gasteiger partial charge in [-0.1, -0.05) is 24.4 Å². The summed E-state index contributed by atoms with van der Waals surface area (Å²) >= 11 is 1.67. The molecule has 112 valence electrons. The number of ether oxygens (including phenoxy) is 1. The predicted molar refractivity (Wildman–Crippen MR) is 82.2 cm³/mol. The molecule has 0 unspecified atom stereocenters. The lowest BCUT2D eigenvalue weighted by molar-refractivity contribution is -0.666. The molecule has 7 heteroatoms. The van der Waals surface area contributed by atoms with E-state index in [1.807, 2.05) is 19.2 Å². The van der Waals surface area contributed by atoms with Crippen LogP contribution < -0.4 is 10.1 Å². The van der Waals surface area contributed by atoms with E-state index in [-0.39, 0.29) is 0 Å². The van der Waals surface area contributed by atoms with Crippen molar-refractivity contribution in [1.29, 1.82) is 0 Å². The third kappa shape index (κ3) is 5.20. The molecule has 1 heterocycles. The second kappa shape index (κ2) is 8.43. The second-order valence-corrected chi connectivity index (χ2v) is 5.52. The first-order chi connectivity index (χ1) is 10.3. The van der Waals surface area contributed by atoms with Gasteiger partial charge in [-0.05, 0) is 34.7 Å². The van der Waals surface area contributed by atoms with Gasteiger partial charge in [0.1, 0.15) is 18.9 Å². The van der Waals surface area contributed by atoms with Gasteiger partial charge in [-0.3, -0.25) is 0 Å². The molecule has 0 aliphatic heterocycles. The van der Waals surface area contributed by atoms with Gasteiger partial charge < -0.3 is 10.1 Å². The number of nitrogens with zero attached hydrogens (tertiary/aromatic N) is 4. The lowest BCUT2D eigenvalue weighted by Crippen LogP contribution is -2.83. The Balaban J connectivity index is 1.64. The van der Waals surface area contributed by atoms with Gasteiger partial charge >= 0.3 is 0 Å². The molecule has 0 bridgehead atoms. The van der Waals surface area contributed by atoms with Crippen molar-refractivity contribution in [3.05, 3.63) is 42.5 Å². The summed E-state index contributed by atoms with van der Waals surface area (Å²) < 4.78 is 7.14. The van der Waals surface area contributed by atoms with Crippen LogP contribution in [0.5, 0.6) is 5.75 Å². The first kappa shape index (κ1) is 15.5. The Labute approximate surface area is 128 Å². The van der Waals surface area contributed by atoms with Gasteiger partial charge in [0.05, 0.1) is 12.3 Å². The van der Waals surface area contributed by atoms with Crippen LogP contribution in [0, 0.1) is 0 Å². The van der Waals surface area contributed by atoms with Crippen LogP contribution in [-0.4, -0.2) is 39.1 Å². The highest BCUT2D eigenvalue weighted by Gasteiger charge is 2.03. The number of hydrogen-bond acceptors (Lipinski definition) is 5. The quantitative estimate of drug-likeness (QED) is 0.418. The number of aromatic nitrogens is 4. The average Bonchev–Trinajstić information content (AvgIpc) is 2.91. The van der Waals surface area contributed by atoms with Crippen molar-refractivity contribution in [2.75, 3.05) is 18.9 Å². The van der Waals surface area contributed by atoms with E-state index < -0.39 is 0 Å². The van der Waals surface area contributed by atoms with Crippen LogP contribution in [0.3, 0.4) is 0 Å². The number of benzene rings is 1. The Hall–Kier alpha value is -1.86. The van der Waals surface area contributed by atoms with Crippen LogP contribution in [0.1, 0.15) is 5.56 Å². The molecule has 0 fully saturated rings. The third-order valence-electron chi connectivity index (χ3n) is 2.81. The second-order valence-electron chi connectivity index (χ2n) is 4.46. The van der Waals surface area contributed by atoms with Crippen molar-refractivity contribution < 1.29 is 10.1 Å². The molecule has 21 heavy (non-hydrogen) atoms. The third-order valence-corrected chi connectivity index (χ3v) is 3.85. The summed E-state index contributed by atoms with van der Waals surface area (Å²) in [6.45, 7) is 6.15. The van der Waals surface area contributed by atoms with Crippen molar-refractivity contribution in [3.63, 3.8) is 0 Å². The zero-order chi connectivity index (χ0) is 14.9. The van der Waals surface area contributed by atoms with Gasteiger partial charge in [-0.2, -0.15) is 0 Å². The number of rotatable bonds is 9. The van der Waals surface area contributed by atoms with Crippen molar-refractivity contribution in [2.24, 2.45) is 7.05 Å². The average molecular weight is 306 g/mol. The summed E-state index contributed by atoms with van der Waals surface area (Å²) in [7, 11) is 1.85. The minimum Gasteiger partial charge on any atom is -0.490 e. The van der Waals surface area contributed by atoms with E-state index in [9.17, 15) is 0 Å². The van der Waals surface area contributed by atoms with Crippen LogP contribution >= 0.6 is 11.8 Å². The molecule has 1 aromatic carbocycles. The fourth-order valence-electron chi connectivity index (χ4n) is 1.72. The zero-order valence-corrected chi connectivity index (χ0v) is 12.9. The smallest absolute Gasteiger partial charge is 0.209 e. The summed E-state index contributed by atoms with van der Waals surface area (Å²) in [6.07, 6.45) is 1.74. The van der Waals surface area contributed by atoms with Gasteiger partial charge in [-0.15, -0.1) is 5.10 Å². The maximum atomic E-state index is 5.45. The van der Waals surface area contributed by atoms with E-state index in [2.05, 4.69) is 39.6 Å². The Morgan fingerprint density at radius 2 is 2.19 bits per heavy atom. The number of tetrazole rings is 1. The Kier molecular flexibility index (Phi) is 6.23. The SMILES string of the molecule is C=CCOc1ccc(C[NH2+]CCSc2nnnn2C)cc1. The van der Waals surface area contributed by atoms with Crippen molar-refractivity contribution >= 4 is 11.8 Å². The van der Waals surface area contributed by atoms with Crippen molar-refractivity contribution in [3.8, 4) is 5.75 Å². The molecule has 6 nitrogen and oxygen atoms in total. The Morgan fingerprint density at radius 3 is 2.86 bits per heavy atom. The molecule has 2 rings (SSSR count). The van der Waals surface area contributed by atoms with Crippen LogP contribution in [0.4, 0.5) is 0 Å². The molecule has 0 saturated carbocycles. The van der Waals surface area contributed by atoms with Crippen LogP contribution in [-0.2, 0) is 13.6 Å². The highest BCUT2D eigenvalue weighted by atomic mass is 32.2. The maximum absolute atomic E-state index is 5.45. The minimum absolute atomic E-state index is 0.541. The van der Waals surface area contributed by atoms with Crippen LogP contribution in [0.15, 0.2) is 42.1 Å². The number of quaternary nitrogens is 1. The minimum atomic E-state index is 0.541. The first-order valence-electron chi connectivity index (χ1n) is 6.79. The van der Waals surface area contributed by atoms with E-state index in [4.69, 9.17) is 4.74 Å². The van der Waals surface area contributed by atoms with E-state index in [0.29, 0.717) is 6.61 Å². The molecule has 0 amide bonds. The van der Waals surface area contributed by atoms with Gasteiger partial charge in [0.15, 0.2) is 0 Å². The summed E-state index contributed by atoms with van der Waals surface area (Å²) in [5.41, 5.74) is 1.28. The predicted octanol–water partition coefficient (Wildman–Crippen LogP) is 0.631. The fourth-order valence-corrected chi connectivity index (χ4v) is 2.51. The lowest BCUT2D eigenvalue weighted by Gasteiger charge is -2.05. The topological polar surface area (TPSA) is 69.4 Å². The van der Waals surface area contributed by atoms with Crippen molar-refractivity contribution in [2.45, 2.75) is 11.7 Å². The molecule has 0 atom stereocenters. The highest BCUT2D eigenvalue weighted by molar-refractivity contribution is 7.99. The van der Waals surface area contributed by atoms with Gasteiger partial charge in [-0.25, -0.2) is 4.68 Å². The van der Waals surface area contributed by atoms with Gasteiger partial charge in [0.25, 0.3) is 0 Å². The van der Waals surface area contributed by atoms with E-state index >= 15 is 0 Å². The first-order valence-corrected chi connectivity index (χ1v) is 7.77. The Morgan fingerprint density at radius 1 is 1.38 bits per heavy atom. The Bertz CT molecular complexity index is 555. The normalized spacial score (nSPS) is 10.5. The van der Waals surface area contributed by atoms with E-state index in [1.165, 1.54) is 5.56 Å². The summed E-state index contributed by atoms with van der Waals surface area (Å²) in [4.78, 5) is 0. The molecule has 2 aromatic rings. The molecule has 0 aliphatic carbocycles. The number of nitrogens with two attached hydrogens (primary N) is 1. The zero-order valence-electron chi connectivity index (χ0n) is 12.1. The number of aryl methyl sites for hydroxylation is 1. The summed E-state index contributed by atoms with van der Waals surface area (Å²) in [5, 5.41) is 14.5. The number of thioether (sulfide) groups is 1.